The number of carbonyl (C=O) groups excluding carboxylic acids is 6. The molecule has 25 heteroatoms. The minimum Gasteiger partial charge on any atom is -0.507 e. The third-order valence-electron chi connectivity index (χ3n) is 18.0. The molecule has 6 N–H and O–H groups in total. The zero-order valence-electron chi connectivity index (χ0n) is 58.9. The predicted octanol–water partition coefficient (Wildman–Crippen LogP) is 26.0. The third-order valence-corrected chi connectivity index (χ3v) is 29.4. The number of thiophene rings is 6. The summed E-state index contributed by atoms with van der Waals surface area (Å²) < 4.78 is 37.8. The first-order valence-corrected chi connectivity index (χ1v) is 43.0. The fraction of sp³-hybridized carbons (Fsp3) is 0.103. The number of hydrogen-bond acceptors (Lipinski definition) is 21. The van der Waals surface area contributed by atoms with Gasteiger partial charge in [0.2, 0.25) is 0 Å². The van der Waals surface area contributed by atoms with Crippen molar-refractivity contribution < 1.29 is 68.2 Å². The van der Waals surface area contributed by atoms with Gasteiger partial charge in [0.15, 0.2) is 34.7 Å². The maximum Gasteiger partial charge on any atom is 0.177 e. The van der Waals surface area contributed by atoms with E-state index in [4.69, 9.17) is 0 Å². The first-order chi connectivity index (χ1) is 53.5. The standard InChI is InChI=1S/C15H11BrO2S.C15H11FO2S.C15H12O2S.C14H9BrO2S2.C14H9FO2S2.C14H10O2S2/c2*1-8-4-13(17)12(15(8)18)7-11-6-9-5-10(16)2-3-14(9)19-11;1-9-6-13(16)12(15(9)17)8-11-7-10-4-2-3-5-14(10)18-11;2*1-7-4-10(16)14(13(7)17)19-12-6-8-5-9(15)2-3-11(8)18-12;1-8-6-10(15)14(13(8)16)18-12-7-9-4-2-3-5-11(9)17-12/h2*2-3,5-6,18H,1,4,7H2;2-5,7,17H,1,6,8H2;2*2-3,5-6,17H,1,4H2;2-5,7,16H,1,6H2. The number of fused-ring (bicyclic) bond motifs is 6. The highest BCUT2D eigenvalue weighted by atomic mass is 79.9. The number of allylic oxidation sites excluding steroid dienone is 12. The van der Waals surface area contributed by atoms with Crippen LogP contribution in [0.15, 0.2) is 318 Å². The smallest absolute Gasteiger partial charge is 0.177 e. The fourth-order valence-corrected chi connectivity index (χ4v) is 23.1. The van der Waals surface area contributed by atoms with Crippen molar-refractivity contribution in [1.29, 1.82) is 0 Å². The van der Waals surface area contributed by atoms with E-state index < -0.39 is 0 Å². The van der Waals surface area contributed by atoms with Gasteiger partial charge >= 0.3 is 0 Å². The Kier molecular flexibility index (Phi) is 24.9. The number of ketones is 6. The summed E-state index contributed by atoms with van der Waals surface area (Å²) in [4.78, 5) is 74.7. The third kappa shape index (κ3) is 18.5. The van der Waals surface area contributed by atoms with Crippen molar-refractivity contribution in [3.8, 4) is 0 Å². The van der Waals surface area contributed by atoms with Gasteiger partial charge < -0.3 is 30.6 Å². The summed E-state index contributed by atoms with van der Waals surface area (Å²) in [5.41, 5.74) is 4.45. The van der Waals surface area contributed by atoms with Crippen LogP contribution in [-0.2, 0) is 48.0 Å². The van der Waals surface area contributed by atoms with Crippen LogP contribution in [-0.4, -0.2) is 65.3 Å². The zero-order valence-corrected chi connectivity index (χ0v) is 69.5. The summed E-state index contributed by atoms with van der Waals surface area (Å²) in [6, 6.07) is 49.5. The van der Waals surface area contributed by atoms with E-state index in [1.807, 2.05) is 84.9 Å². The van der Waals surface area contributed by atoms with E-state index in [0.29, 0.717) is 84.1 Å². The Hall–Kier alpha value is -9.35. The maximum atomic E-state index is 13.1. The number of hydrogen-bond donors (Lipinski definition) is 6. The summed E-state index contributed by atoms with van der Waals surface area (Å²) in [5, 5.41) is 65.2. The Morgan fingerprint density at radius 2 is 0.562 bits per heavy atom. The Balaban J connectivity index is 0.000000118. The number of aliphatic hydroxyl groups is 6. The normalized spacial score (nSPS) is 15.9. The maximum absolute atomic E-state index is 13.1. The monoisotopic (exact) mass is 1780 g/mol. The van der Waals surface area contributed by atoms with Crippen molar-refractivity contribution in [1.82, 2.24) is 0 Å². The highest BCUT2D eigenvalue weighted by Crippen LogP contribution is 2.47. The SMILES string of the molecule is C=C1CC(=O)C(Cc2cc3cc(Br)ccc3s2)=C1O.C=C1CC(=O)C(Cc2cc3cc(F)ccc3s2)=C1O.C=C1CC(=O)C(Cc2cc3ccccc3s2)=C1O.C=C1CC(=O)C(Sc2cc3cc(Br)ccc3s2)=C1O.C=C1CC(=O)C(Sc2cc3cc(F)ccc3s2)=C1O.C=C1CC(=O)C(Sc2cc3ccccc3s2)=C1O. The van der Waals surface area contributed by atoms with E-state index in [2.05, 4.69) is 108 Å². The average Bonchev–Trinajstić information content (AvgIpc) is 1.69. The van der Waals surface area contributed by atoms with Gasteiger partial charge in [0.1, 0.15) is 46.2 Å². The lowest BCUT2D eigenvalue weighted by Crippen LogP contribution is -1.99. The molecule has 0 fully saturated rings. The molecule has 0 spiro atoms. The Morgan fingerprint density at radius 3 is 0.884 bits per heavy atom. The second-order valence-corrected chi connectivity index (χ2v) is 38.7. The number of aliphatic hydroxyl groups excluding tert-OH is 6. The molecule has 0 amide bonds. The van der Waals surface area contributed by atoms with Crippen molar-refractivity contribution in [3.63, 3.8) is 0 Å². The van der Waals surface area contributed by atoms with E-state index in [1.54, 1.807) is 57.5 Å². The van der Waals surface area contributed by atoms with E-state index in [0.717, 1.165) is 77.2 Å². The van der Waals surface area contributed by atoms with Gasteiger partial charge in [-0.25, -0.2) is 8.78 Å². The van der Waals surface area contributed by atoms with Gasteiger partial charge in [0.05, 0.1) is 27.3 Å². The van der Waals surface area contributed by atoms with Crippen LogP contribution in [0, 0.1) is 11.6 Å². The molecule has 0 saturated heterocycles. The molecule has 6 aromatic carbocycles. The van der Waals surface area contributed by atoms with Crippen LogP contribution < -0.4 is 0 Å². The topological polar surface area (TPSA) is 224 Å². The molecule has 112 heavy (non-hydrogen) atoms. The molecule has 0 radical (unpaired) electrons. The molecule has 12 aromatic rings. The molecule has 0 saturated carbocycles. The molecule has 6 heterocycles. The zero-order chi connectivity index (χ0) is 79.7. The van der Waals surface area contributed by atoms with E-state index in [1.165, 1.54) is 102 Å². The molecular weight excluding hydrogens is 1720 g/mol. The van der Waals surface area contributed by atoms with Crippen molar-refractivity contribution in [2.45, 2.75) is 70.4 Å². The summed E-state index contributed by atoms with van der Waals surface area (Å²) in [6.45, 7) is 22.1. The van der Waals surface area contributed by atoms with E-state index in [9.17, 15) is 68.2 Å². The first-order valence-electron chi connectivity index (χ1n) is 34.1. The molecule has 0 unspecified atom stereocenters. The highest BCUT2D eigenvalue weighted by molar-refractivity contribution is 9.10. The predicted molar refractivity (Wildman–Crippen MR) is 465 cm³/mol. The van der Waals surface area contributed by atoms with Crippen LogP contribution in [0.5, 0.6) is 0 Å². The average molecular weight is 1790 g/mol. The van der Waals surface area contributed by atoms with Gasteiger partial charge in [-0.3, -0.25) is 28.8 Å². The molecule has 6 aromatic heterocycles. The van der Waals surface area contributed by atoms with Crippen LogP contribution in [0.2, 0.25) is 0 Å². The summed E-state index contributed by atoms with van der Waals surface area (Å²) in [6.07, 6.45) is 2.70. The van der Waals surface area contributed by atoms with E-state index in [-0.39, 0.29) is 119 Å². The minimum atomic E-state index is -0.283. The highest BCUT2D eigenvalue weighted by Gasteiger charge is 2.33. The van der Waals surface area contributed by atoms with Crippen molar-refractivity contribution in [3.05, 3.63) is 332 Å². The molecule has 18 rings (SSSR count). The number of benzene rings is 6. The lowest BCUT2D eigenvalue weighted by Gasteiger charge is -1.98. The summed E-state index contributed by atoms with van der Waals surface area (Å²) in [7, 11) is 0. The number of Topliss-reactive ketones (excluding diaryl/α,β-unsaturated/α-hetero) is 6. The van der Waals surface area contributed by atoms with Gasteiger partial charge in [-0.2, -0.15) is 0 Å². The number of halogens is 4. The molecule has 0 aliphatic heterocycles. The molecule has 12 nitrogen and oxygen atoms in total. The molecule has 6 aliphatic rings. The van der Waals surface area contributed by atoms with Crippen molar-refractivity contribution in [2.24, 2.45) is 0 Å². The first kappa shape index (κ1) is 80.7. The molecular formula is C87H62Br2F2O12S9. The number of thioether (sulfide) groups is 3. The van der Waals surface area contributed by atoms with E-state index >= 15 is 0 Å². The summed E-state index contributed by atoms with van der Waals surface area (Å²) in [5.74, 6) is -0.563. The fourth-order valence-electron chi connectivity index (χ4n) is 12.4. The van der Waals surface area contributed by atoms with Gasteiger partial charge in [0, 0.05) is 126 Å². The lowest BCUT2D eigenvalue weighted by molar-refractivity contribution is -0.115. The van der Waals surface area contributed by atoms with Crippen LogP contribution in [0.1, 0.15) is 53.2 Å². The molecule has 564 valence electrons. The Labute approximate surface area is 694 Å². The van der Waals surface area contributed by atoms with Crippen LogP contribution >= 0.6 is 135 Å². The second kappa shape index (κ2) is 34.5. The summed E-state index contributed by atoms with van der Waals surface area (Å²) >= 11 is 20.3. The van der Waals surface area contributed by atoms with Gasteiger partial charge in [0.25, 0.3) is 0 Å². The van der Waals surface area contributed by atoms with Gasteiger partial charge in [-0.15, -0.1) is 68.0 Å². The van der Waals surface area contributed by atoms with Crippen molar-refractivity contribution >= 4 is 230 Å². The minimum absolute atomic E-state index is 0.00467. The van der Waals surface area contributed by atoms with Crippen LogP contribution in [0.25, 0.3) is 60.5 Å². The Bertz CT molecular complexity index is 5610. The number of rotatable bonds is 12. The largest absolute Gasteiger partial charge is 0.507 e. The van der Waals surface area contributed by atoms with Gasteiger partial charge in [-0.1, -0.05) is 143 Å². The molecule has 0 atom stereocenters. The van der Waals surface area contributed by atoms with Crippen molar-refractivity contribution in [2.75, 3.05) is 0 Å². The molecule has 0 bridgehead atoms. The number of carbonyl (C=O) groups is 6. The quantitative estimate of drug-likeness (QED) is 0.0669. The second-order valence-electron chi connectivity index (χ2n) is 26.2. The van der Waals surface area contributed by atoms with Crippen LogP contribution in [0.3, 0.4) is 0 Å². The lowest BCUT2D eigenvalue weighted by atomic mass is 10.1. The molecule has 6 aliphatic carbocycles. The Morgan fingerprint density at radius 1 is 0.304 bits per heavy atom. The van der Waals surface area contributed by atoms with Gasteiger partial charge in [-0.05, 0) is 187 Å². The van der Waals surface area contributed by atoms with Crippen LogP contribution in [0.4, 0.5) is 8.78 Å².